The molecule has 1 aliphatic heterocycles. The fraction of sp³-hybridized carbons (Fsp3) is 0.647. The molecule has 0 amide bonds. The van der Waals surface area contributed by atoms with E-state index in [-0.39, 0.29) is 23.4 Å². The van der Waals surface area contributed by atoms with Crippen molar-refractivity contribution >= 4 is 8.32 Å². The predicted molar refractivity (Wildman–Crippen MR) is 88.0 cm³/mol. The average molecular weight is 308 g/mol. The lowest BCUT2D eigenvalue weighted by Gasteiger charge is -2.40. The number of benzene rings is 1. The van der Waals surface area contributed by atoms with E-state index in [1.807, 2.05) is 18.2 Å². The zero-order chi connectivity index (χ0) is 15.7. The molecule has 0 N–H and O–H groups in total. The third kappa shape index (κ3) is 3.95. The first-order chi connectivity index (χ1) is 9.76. The maximum absolute atomic E-state index is 6.62. The number of hydrogen-bond donors (Lipinski definition) is 0. The lowest BCUT2D eigenvalue weighted by atomic mass is 10.0. The van der Waals surface area contributed by atoms with Gasteiger partial charge in [0.15, 0.2) is 8.32 Å². The van der Waals surface area contributed by atoms with E-state index in [9.17, 15) is 0 Å². The number of rotatable bonds is 6. The number of ether oxygens (including phenoxy) is 2. The van der Waals surface area contributed by atoms with Gasteiger partial charge in [-0.1, -0.05) is 51.1 Å². The van der Waals surface area contributed by atoms with Gasteiger partial charge in [-0.2, -0.15) is 0 Å². The average Bonchev–Trinajstić information content (AvgIpc) is 3.22. The molecule has 1 fully saturated rings. The van der Waals surface area contributed by atoms with Crippen LogP contribution in [-0.4, -0.2) is 34.2 Å². The number of methoxy groups -OCH3 is 1. The van der Waals surface area contributed by atoms with Crippen molar-refractivity contribution in [2.45, 2.75) is 57.2 Å². The molecule has 3 nitrogen and oxygen atoms in total. The van der Waals surface area contributed by atoms with Crippen LogP contribution >= 0.6 is 0 Å². The van der Waals surface area contributed by atoms with Gasteiger partial charge in [0.2, 0.25) is 0 Å². The topological polar surface area (TPSA) is 31.0 Å². The second-order valence-corrected chi connectivity index (χ2v) is 12.0. The molecular weight excluding hydrogens is 280 g/mol. The maximum Gasteiger partial charge on any atom is 0.192 e. The van der Waals surface area contributed by atoms with Gasteiger partial charge in [-0.05, 0) is 23.7 Å². The number of epoxide rings is 1. The Morgan fingerprint density at radius 3 is 2.19 bits per heavy atom. The van der Waals surface area contributed by atoms with E-state index in [4.69, 9.17) is 13.9 Å². The van der Waals surface area contributed by atoms with E-state index >= 15 is 0 Å². The van der Waals surface area contributed by atoms with Gasteiger partial charge in [-0.15, -0.1) is 0 Å². The molecule has 3 atom stereocenters. The van der Waals surface area contributed by atoms with Crippen molar-refractivity contribution in [2.24, 2.45) is 0 Å². The van der Waals surface area contributed by atoms with Crippen LogP contribution in [0.3, 0.4) is 0 Å². The third-order valence-electron chi connectivity index (χ3n) is 4.64. The van der Waals surface area contributed by atoms with E-state index in [2.05, 4.69) is 46.0 Å². The summed E-state index contributed by atoms with van der Waals surface area (Å²) in [7, 11) is -0.111. The minimum atomic E-state index is -1.86. The van der Waals surface area contributed by atoms with Gasteiger partial charge in [0.1, 0.15) is 18.3 Å². The van der Waals surface area contributed by atoms with Crippen molar-refractivity contribution in [3.63, 3.8) is 0 Å². The Kier molecular flexibility index (Phi) is 4.93. The van der Waals surface area contributed by atoms with Crippen LogP contribution in [0.25, 0.3) is 0 Å². The largest absolute Gasteiger partial charge is 0.408 e. The van der Waals surface area contributed by atoms with Crippen LogP contribution in [-0.2, 0) is 13.9 Å². The first-order valence-electron chi connectivity index (χ1n) is 7.63. The van der Waals surface area contributed by atoms with Crippen molar-refractivity contribution < 1.29 is 13.9 Å². The fourth-order valence-electron chi connectivity index (χ4n) is 2.20. The highest BCUT2D eigenvalue weighted by Gasteiger charge is 2.47. The Morgan fingerprint density at radius 1 is 1.19 bits per heavy atom. The van der Waals surface area contributed by atoms with Crippen molar-refractivity contribution in [1.82, 2.24) is 0 Å². The summed E-state index contributed by atoms with van der Waals surface area (Å²) in [5, 5.41) is 0.176. The second kappa shape index (κ2) is 6.21. The maximum atomic E-state index is 6.62. The molecule has 0 bridgehead atoms. The summed E-state index contributed by atoms with van der Waals surface area (Å²) >= 11 is 0. The Bertz CT molecular complexity index is 449. The van der Waals surface area contributed by atoms with Crippen LogP contribution < -0.4 is 0 Å². The molecule has 1 saturated heterocycles. The molecule has 4 heteroatoms. The Labute approximate surface area is 129 Å². The quantitative estimate of drug-likeness (QED) is 0.584. The van der Waals surface area contributed by atoms with Gasteiger partial charge >= 0.3 is 0 Å². The van der Waals surface area contributed by atoms with Gasteiger partial charge in [0.05, 0.1) is 6.61 Å². The van der Waals surface area contributed by atoms with E-state index in [0.29, 0.717) is 0 Å². The smallest absolute Gasteiger partial charge is 0.192 e. The molecule has 21 heavy (non-hydrogen) atoms. The van der Waals surface area contributed by atoms with Crippen LogP contribution in [0.15, 0.2) is 30.3 Å². The predicted octanol–water partition coefficient (Wildman–Crippen LogP) is 4.16. The van der Waals surface area contributed by atoms with Crippen LogP contribution in [0.4, 0.5) is 0 Å². The minimum Gasteiger partial charge on any atom is -0.408 e. The molecule has 1 aromatic rings. The van der Waals surface area contributed by atoms with Crippen LogP contribution in [0.2, 0.25) is 18.1 Å². The van der Waals surface area contributed by atoms with Gasteiger partial charge in [0, 0.05) is 7.11 Å². The normalized spacial score (nSPS) is 21.9. The number of hydrogen-bond acceptors (Lipinski definition) is 3. The molecule has 0 spiro atoms. The highest BCUT2D eigenvalue weighted by atomic mass is 28.4. The summed E-state index contributed by atoms with van der Waals surface area (Å²) in [6, 6.07) is 10.3. The van der Waals surface area contributed by atoms with Gasteiger partial charge in [0.25, 0.3) is 0 Å². The first-order valence-corrected chi connectivity index (χ1v) is 10.5. The van der Waals surface area contributed by atoms with Crippen LogP contribution in [0.1, 0.15) is 32.4 Å². The zero-order valence-electron chi connectivity index (χ0n) is 14.1. The zero-order valence-corrected chi connectivity index (χ0v) is 15.1. The first kappa shape index (κ1) is 16.7. The molecule has 1 aromatic carbocycles. The van der Waals surface area contributed by atoms with Gasteiger partial charge in [-0.25, -0.2) is 0 Å². The molecule has 0 aliphatic carbocycles. The monoisotopic (exact) mass is 308 g/mol. The van der Waals surface area contributed by atoms with Crippen molar-refractivity contribution in [2.75, 3.05) is 13.7 Å². The van der Waals surface area contributed by atoms with Crippen LogP contribution in [0.5, 0.6) is 0 Å². The van der Waals surface area contributed by atoms with E-state index in [1.165, 1.54) is 0 Å². The Hall–Kier alpha value is -0.683. The minimum absolute atomic E-state index is 0.0294. The van der Waals surface area contributed by atoms with Crippen LogP contribution in [0, 0.1) is 0 Å². The fourth-order valence-corrected chi connectivity index (χ4v) is 3.51. The lowest BCUT2D eigenvalue weighted by Crippen LogP contribution is -2.47. The van der Waals surface area contributed by atoms with Gasteiger partial charge in [-0.3, -0.25) is 0 Å². The molecule has 0 unspecified atom stereocenters. The molecule has 1 aliphatic rings. The summed E-state index contributed by atoms with van der Waals surface area (Å²) in [5.41, 5.74) is 1.15. The van der Waals surface area contributed by atoms with Crippen molar-refractivity contribution in [1.29, 1.82) is 0 Å². The molecule has 2 rings (SSSR count). The Morgan fingerprint density at radius 2 is 1.76 bits per heavy atom. The van der Waals surface area contributed by atoms with Crippen molar-refractivity contribution in [3.8, 4) is 0 Å². The standard InChI is InChI=1S/C17H28O3Si/c1-17(2,3)21(5,6)20-16(14-12-19-14)15(18-4)13-10-8-7-9-11-13/h7-11,14-16H,12H2,1-6H3/t14-,15-,16+/m1/s1. The lowest BCUT2D eigenvalue weighted by molar-refractivity contribution is -0.0192. The molecule has 1 heterocycles. The highest BCUT2D eigenvalue weighted by molar-refractivity contribution is 6.74. The molecular formula is C17H28O3Si. The molecule has 118 valence electrons. The van der Waals surface area contributed by atoms with Crippen molar-refractivity contribution in [3.05, 3.63) is 35.9 Å². The van der Waals surface area contributed by atoms with E-state index in [1.54, 1.807) is 7.11 Å². The SMILES string of the molecule is CO[C@H](c1ccccc1)[C@@H](O[Si](C)(C)C(C)(C)C)[C@H]1CO1. The van der Waals surface area contributed by atoms with Gasteiger partial charge < -0.3 is 13.9 Å². The summed E-state index contributed by atoms with van der Waals surface area (Å²) in [6.07, 6.45) is 0.0513. The Balaban J connectivity index is 2.22. The van der Waals surface area contributed by atoms with E-state index < -0.39 is 8.32 Å². The summed E-state index contributed by atoms with van der Waals surface area (Å²) in [4.78, 5) is 0. The highest BCUT2D eigenvalue weighted by Crippen LogP contribution is 2.41. The molecule has 0 aromatic heterocycles. The second-order valence-electron chi connectivity index (χ2n) is 7.28. The summed E-state index contributed by atoms with van der Waals surface area (Å²) in [6.45, 7) is 12.1. The van der Waals surface area contributed by atoms with E-state index in [0.717, 1.165) is 12.2 Å². The summed E-state index contributed by atoms with van der Waals surface area (Å²) < 4.78 is 17.9. The third-order valence-corrected chi connectivity index (χ3v) is 9.12. The summed E-state index contributed by atoms with van der Waals surface area (Å²) in [5.74, 6) is 0. The molecule has 0 saturated carbocycles. The molecule has 0 radical (unpaired) electrons.